The van der Waals surface area contributed by atoms with Gasteiger partial charge in [0.25, 0.3) is 10.0 Å². The van der Waals surface area contributed by atoms with Gasteiger partial charge >= 0.3 is 0 Å². The molecule has 0 aliphatic rings. The molecule has 0 unspecified atom stereocenters. The standard InChI is InChI=1S/C22H20N4O4S/c1-29-16-9-7-15(8-10-16)23-21-22(25-20-6-4-3-5-19(20)24-21)26-31(27,28)18-13-11-17(30-2)12-14-18/h3-14H,1-2H3,(H,23,24)(H,25,26). The van der Waals surface area contributed by atoms with Gasteiger partial charge in [-0.3, -0.25) is 4.72 Å². The molecule has 158 valence electrons. The van der Waals surface area contributed by atoms with E-state index in [9.17, 15) is 8.42 Å². The largest absolute Gasteiger partial charge is 0.497 e. The summed E-state index contributed by atoms with van der Waals surface area (Å²) < 4.78 is 38.7. The number of hydrogen-bond donors (Lipinski definition) is 2. The van der Waals surface area contributed by atoms with Crippen LogP contribution in [0.25, 0.3) is 11.0 Å². The molecule has 4 rings (SSSR count). The van der Waals surface area contributed by atoms with Gasteiger partial charge in [-0.2, -0.15) is 0 Å². The minimum absolute atomic E-state index is 0.0821. The number of benzene rings is 3. The second-order valence-electron chi connectivity index (χ2n) is 6.54. The van der Waals surface area contributed by atoms with Crippen molar-refractivity contribution >= 4 is 38.4 Å². The first kappa shape index (κ1) is 20.4. The molecule has 9 heteroatoms. The van der Waals surface area contributed by atoms with Crippen molar-refractivity contribution in [2.75, 3.05) is 24.3 Å². The number of fused-ring (bicyclic) bond motifs is 1. The monoisotopic (exact) mass is 436 g/mol. The molecule has 0 spiro atoms. The Hall–Kier alpha value is -3.85. The molecule has 0 saturated heterocycles. The average molecular weight is 436 g/mol. The highest BCUT2D eigenvalue weighted by atomic mass is 32.2. The maximum absolute atomic E-state index is 13.0. The minimum Gasteiger partial charge on any atom is -0.497 e. The van der Waals surface area contributed by atoms with E-state index in [-0.39, 0.29) is 16.5 Å². The molecule has 0 bridgehead atoms. The summed E-state index contributed by atoms with van der Waals surface area (Å²) in [5, 5.41) is 3.13. The predicted octanol–water partition coefficient (Wildman–Crippen LogP) is 4.19. The Morgan fingerprint density at radius 2 is 1.23 bits per heavy atom. The lowest BCUT2D eigenvalue weighted by atomic mass is 10.3. The lowest BCUT2D eigenvalue weighted by Gasteiger charge is -2.14. The Balaban J connectivity index is 1.72. The molecular formula is C22H20N4O4S. The number of nitrogens with one attached hydrogen (secondary N) is 2. The molecule has 1 aromatic heterocycles. The molecule has 0 amide bonds. The van der Waals surface area contributed by atoms with Gasteiger partial charge in [-0.25, -0.2) is 18.4 Å². The third kappa shape index (κ3) is 4.51. The number of nitrogens with zero attached hydrogens (tertiary/aromatic N) is 2. The number of sulfonamides is 1. The van der Waals surface area contributed by atoms with Crippen LogP contribution in [0.4, 0.5) is 17.3 Å². The quantitative estimate of drug-likeness (QED) is 0.448. The van der Waals surface area contributed by atoms with Gasteiger partial charge < -0.3 is 14.8 Å². The Morgan fingerprint density at radius 1 is 0.710 bits per heavy atom. The van der Waals surface area contributed by atoms with Gasteiger partial charge in [-0.1, -0.05) is 12.1 Å². The topological polar surface area (TPSA) is 102 Å². The first-order valence-electron chi connectivity index (χ1n) is 9.33. The molecule has 0 aliphatic heterocycles. The van der Waals surface area contributed by atoms with Gasteiger partial charge in [0.05, 0.1) is 30.1 Å². The number of aromatic nitrogens is 2. The summed E-state index contributed by atoms with van der Waals surface area (Å²) in [7, 11) is -0.796. The molecule has 0 fully saturated rings. The maximum Gasteiger partial charge on any atom is 0.263 e. The fourth-order valence-electron chi connectivity index (χ4n) is 2.91. The van der Waals surface area contributed by atoms with Crippen LogP contribution in [0, 0.1) is 0 Å². The van der Waals surface area contributed by atoms with Crippen LogP contribution in [-0.2, 0) is 10.0 Å². The van der Waals surface area contributed by atoms with Crippen LogP contribution >= 0.6 is 0 Å². The van der Waals surface area contributed by atoms with Crippen molar-refractivity contribution in [1.29, 1.82) is 0 Å². The SMILES string of the molecule is COc1ccc(Nc2nc3ccccc3nc2NS(=O)(=O)c2ccc(OC)cc2)cc1. The molecule has 0 saturated carbocycles. The predicted molar refractivity (Wildman–Crippen MR) is 120 cm³/mol. The van der Waals surface area contributed by atoms with Crippen LogP contribution in [0.5, 0.6) is 11.5 Å². The smallest absolute Gasteiger partial charge is 0.263 e. The third-order valence-electron chi connectivity index (χ3n) is 4.52. The summed E-state index contributed by atoms with van der Waals surface area (Å²) in [6, 6.07) is 20.5. The van der Waals surface area contributed by atoms with Crippen molar-refractivity contribution in [2.45, 2.75) is 4.90 Å². The number of anilines is 3. The van der Waals surface area contributed by atoms with Crippen LogP contribution in [0.3, 0.4) is 0 Å². The van der Waals surface area contributed by atoms with Crippen LogP contribution in [0.1, 0.15) is 0 Å². The molecule has 31 heavy (non-hydrogen) atoms. The molecule has 0 radical (unpaired) electrons. The van der Waals surface area contributed by atoms with E-state index in [4.69, 9.17) is 9.47 Å². The summed E-state index contributed by atoms with van der Waals surface area (Å²) >= 11 is 0. The van der Waals surface area contributed by atoms with E-state index >= 15 is 0 Å². The minimum atomic E-state index is -3.90. The zero-order valence-electron chi connectivity index (χ0n) is 16.9. The Bertz CT molecular complexity index is 1310. The van der Waals surface area contributed by atoms with Gasteiger partial charge in [0.2, 0.25) is 0 Å². The molecule has 8 nitrogen and oxygen atoms in total. The van der Waals surface area contributed by atoms with E-state index < -0.39 is 10.0 Å². The number of hydrogen-bond acceptors (Lipinski definition) is 7. The first-order chi connectivity index (χ1) is 15.0. The highest BCUT2D eigenvalue weighted by molar-refractivity contribution is 7.92. The molecule has 4 aromatic rings. The maximum atomic E-state index is 13.0. The summed E-state index contributed by atoms with van der Waals surface area (Å²) in [5.41, 5.74) is 1.90. The van der Waals surface area contributed by atoms with Gasteiger partial charge in [0, 0.05) is 5.69 Å². The second-order valence-corrected chi connectivity index (χ2v) is 8.23. The van der Waals surface area contributed by atoms with E-state index in [0.29, 0.717) is 28.2 Å². The average Bonchev–Trinajstić information content (AvgIpc) is 2.80. The number of para-hydroxylation sites is 2. The van der Waals surface area contributed by atoms with Crippen LogP contribution in [0.15, 0.2) is 77.7 Å². The molecule has 1 heterocycles. The lowest BCUT2D eigenvalue weighted by Crippen LogP contribution is -2.16. The highest BCUT2D eigenvalue weighted by Gasteiger charge is 2.19. The summed E-state index contributed by atoms with van der Waals surface area (Å²) in [6.45, 7) is 0. The van der Waals surface area contributed by atoms with E-state index in [1.165, 1.54) is 19.2 Å². The van der Waals surface area contributed by atoms with Crippen molar-refractivity contribution < 1.29 is 17.9 Å². The van der Waals surface area contributed by atoms with E-state index in [0.717, 1.165) is 0 Å². The van der Waals surface area contributed by atoms with Crippen LogP contribution in [0.2, 0.25) is 0 Å². The Labute approximate surface area is 179 Å². The fourth-order valence-corrected chi connectivity index (χ4v) is 3.92. The zero-order chi connectivity index (χ0) is 21.8. The first-order valence-corrected chi connectivity index (χ1v) is 10.8. The zero-order valence-corrected chi connectivity index (χ0v) is 17.7. The molecule has 2 N–H and O–H groups in total. The van der Waals surface area contributed by atoms with Gasteiger partial charge in [-0.15, -0.1) is 0 Å². The van der Waals surface area contributed by atoms with E-state index in [1.807, 2.05) is 18.2 Å². The molecule has 3 aromatic carbocycles. The summed E-state index contributed by atoms with van der Waals surface area (Å²) in [4.78, 5) is 9.13. The Kier molecular flexibility index (Phi) is 5.59. The van der Waals surface area contributed by atoms with Crippen molar-refractivity contribution in [2.24, 2.45) is 0 Å². The van der Waals surface area contributed by atoms with Crippen molar-refractivity contribution in [3.8, 4) is 11.5 Å². The van der Waals surface area contributed by atoms with Crippen molar-refractivity contribution in [1.82, 2.24) is 9.97 Å². The Morgan fingerprint density at radius 3 is 1.77 bits per heavy atom. The summed E-state index contributed by atoms with van der Waals surface area (Å²) in [5.74, 6) is 1.63. The molecule has 0 aliphatic carbocycles. The van der Waals surface area contributed by atoms with Gasteiger partial charge in [-0.05, 0) is 60.7 Å². The van der Waals surface area contributed by atoms with Crippen molar-refractivity contribution in [3.05, 3.63) is 72.8 Å². The number of ether oxygens (including phenoxy) is 2. The van der Waals surface area contributed by atoms with Crippen LogP contribution < -0.4 is 19.5 Å². The van der Waals surface area contributed by atoms with Gasteiger partial charge in [0.15, 0.2) is 11.6 Å². The van der Waals surface area contributed by atoms with E-state index in [2.05, 4.69) is 20.0 Å². The lowest BCUT2D eigenvalue weighted by molar-refractivity contribution is 0.414. The third-order valence-corrected chi connectivity index (χ3v) is 5.88. The fraction of sp³-hybridized carbons (Fsp3) is 0.0909. The number of rotatable bonds is 7. The molecular weight excluding hydrogens is 416 g/mol. The second kappa shape index (κ2) is 8.49. The van der Waals surface area contributed by atoms with E-state index in [1.54, 1.807) is 49.6 Å². The highest BCUT2D eigenvalue weighted by Crippen LogP contribution is 2.28. The molecule has 0 atom stereocenters. The number of methoxy groups -OCH3 is 2. The van der Waals surface area contributed by atoms with Crippen molar-refractivity contribution in [3.63, 3.8) is 0 Å². The van der Waals surface area contributed by atoms with Crippen LogP contribution in [-0.4, -0.2) is 32.6 Å². The normalized spacial score (nSPS) is 11.2. The summed E-state index contributed by atoms with van der Waals surface area (Å²) in [6.07, 6.45) is 0. The van der Waals surface area contributed by atoms with Gasteiger partial charge in [0.1, 0.15) is 11.5 Å².